The number of hydrogen-bond donors (Lipinski definition) is 1. The Balaban J connectivity index is 2.07. The molecule has 0 aromatic carbocycles. The Morgan fingerprint density at radius 2 is 2.57 bits per heavy atom. The number of nitrogens with zero attached hydrogens (tertiary/aromatic N) is 2. The Morgan fingerprint density at radius 3 is 3.21 bits per heavy atom. The normalized spacial score (nSPS) is 20.2. The average molecular weight is 191 g/mol. The van der Waals surface area contributed by atoms with Crippen LogP contribution in [0.1, 0.15) is 25.3 Å². The molecule has 2 heterocycles. The number of hydrogen-bond acceptors (Lipinski definition) is 2. The third kappa shape index (κ3) is 2.23. The fourth-order valence-electron chi connectivity index (χ4n) is 1.76. The fourth-order valence-corrected chi connectivity index (χ4v) is 1.76. The lowest BCUT2D eigenvalue weighted by Gasteiger charge is -2.14. The van der Waals surface area contributed by atoms with Crippen LogP contribution in [0.15, 0.2) is 18.0 Å². The molecule has 1 fully saturated rings. The van der Waals surface area contributed by atoms with Gasteiger partial charge in [0.2, 0.25) is 0 Å². The first kappa shape index (κ1) is 9.46. The Kier molecular flexibility index (Phi) is 2.99. The van der Waals surface area contributed by atoms with E-state index in [0.29, 0.717) is 0 Å². The summed E-state index contributed by atoms with van der Waals surface area (Å²) in [6.45, 7) is 5.25. The molecule has 1 N–H and O–H groups in total. The van der Waals surface area contributed by atoms with Crippen LogP contribution in [-0.2, 0) is 6.54 Å². The van der Waals surface area contributed by atoms with Crippen LogP contribution in [0.4, 0.5) is 0 Å². The zero-order valence-corrected chi connectivity index (χ0v) is 8.66. The summed E-state index contributed by atoms with van der Waals surface area (Å²) in [7, 11) is 0. The molecule has 3 heteroatoms. The van der Waals surface area contributed by atoms with Gasteiger partial charge in [0.05, 0.1) is 6.20 Å². The molecule has 1 aromatic heterocycles. The molecule has 76 valence electrons. The van der Waals surface area contributed by atoms with E-state index in [1.54, 1.807) is 0 Å². The molecule has 0 amide bonds. The van der Waals surface area contributed by atoms with Crippen molar-refractivity contribution in [3.8, 4) is 0 Å². The largest absolute Gasteiger partial charge is 0.313 e. The topological polar surface area (TPSA) is 29.9 Å². The SMILES string of the molecule is CCn1cc(C=C2CCCNC2)cn1. The Morgan fingerprint density at radius 1 is 1.64 bits per heavy atom. The number of piperidine rings is 1. The molecule has 3 nitrogen and oxygen atoms in total. The molecule has 14 heavy (non-hydrogen) atoms. The average Bonchev–Trinajstić information content (AvgIpc) is 2.67. The third-order valence-corrected chi connectivity index (χ3v) is 2.55. The van der Waals surface area contributed by atoms with Gasteiger partial charge in [0.1, 0.15) is 0 Å². The van der Waals surface area contributed by atoms with Crippen LogP contribution in [0.5, 0.6) is 0 Å². The van der Waals surface area contributed by atoms with E-state index in [1.807, 2.05) is 10.9 Å². The van der Waals surface area contributed by atoms with Crippen molar-refractivity contribution in [1.82, 2.24) is 15.1 Å². The summed E-state index contributed by atoms with van der Waals surface area (Å²) in [5.41, 5.74) is 2.72. The van der Waals surface area contributed by atoms with Crippen molar-refractivity contribution < 1.29 is 0 Å². The van der Waals surface area contributed by atoms with Gasteiger partial charge in [-0.3, -0.25) is 4.68 Å². The highest BCUT2D eigenvalue weighted by atomic mass is 15.3. The lowest BCUT2D eigenvalue weighted by atomic mass is 10.0. The molecule has 2 rings (SSSR count). The predicted molar refractivity (Wildman–Crippen MR) is 58.0 cm³/mol. The number of aromatic nitrogens is 2. The second kappa shape index (κ2) is 4.42. The first-order valence-electron chi connectivity index (χ1n) is 5.31. The van der Waals surface area contributed by atoms with E-state index < -0.39 is 0 Å². The first-order valence-corrected chi connectivity index (χ1v) is 5.31. The van der Waals surface area contributed by atoms with Crippen molar-refractivity contribution in [3.63, 3.8) is 0 Å². The van der Waals surface area contributed by atoms with Crippen molar-refractivity contribution in [3.05, 3.63) is 23.5 Å². The smallest absolute Gasteiger partial charge is 0.0562 e. The van der Waals surface area contributed by atoms with Gasteiger partial charge in [0, 0.05) is 24.8 Å². The summed E-state index contributed by atoms with van der Waals surface area (Å²) in [5.74, 6) is 0. The van der Waals surface area contributed by atoms with Gasteiger partial charge < -0.3 is 5.32 Å². The highest BCUT2D eigenvalue weighted by Gasteiger charge is 2.04. The Hall–Kier alpha value is -1.09. The van der Waals surface area contributed by atoms with E-state index in [2.05, 4.69) is 29.6 Å². The van der Waals surface area contributed by atoms with Crippen molar-refractivity contribution in [2.45, 2.75) is 26.3 Å². The van der Waals surface area contributed by atoms with Gasteiger partial charge in [0.15, 0.2) is 0 Å². The second-order valence-corrected chi connectivity index (χ2v) is 3.71. The summed E-state index contributed by atoms with van der Waals surface area (Å²) in [6.07, 6.45) is 8.77. The van der Waals surface area contributed by atoms with E-state index >= 15 is 0 Å². The highest BCUT2D eigenvalue weighted by molar-refractivity contribution is 5.51. The van der Waals surface area contributed by atoms with Crippen molar-refractivity contribution in [2.75, 3.05) is 13.1 Å². The molecular formula is C11H17N3. The number of aryl methyl sites for hydroxylation is 1. The predicted octanol–water partition coefficient (Wildman–Crippen LogP) is 1.67. The van der Waals surface area contributed by atoms with Crippen LogP contribution < -0.4 is 5.32 Å². The minimum Gasteiger partial charge on any atom is -0.313 e. The molecule has 1 aliphatic heterocycles. The van der Waals surface area contributed by atoms with Gasteiger partial charge in [-0.25, -0.2) is 0 Å². The molecule has 0 spiro atoms. The molecule has 0 saturated carbocycles. The van der Waals surface area contributed by atoms with E-state index in [9.17, 15) is 0 Å². The van der Waals surface area contributed by atoms with Crippen molar-refractivity contribution in [1.29, 1.82) is 0 Å². The standard InChI is InChI=1S/C11H17N3/c1-2-14-9-11(8-13-14)6-10-4-3-5-12-7-10/h6,8-9,12H,2-5,7H2,1H3. The summed E-state index contributed by atoms with van der Waals surface area (Å²) in [4.78, 5) is 0. The second-order valence-electron chi connectivity index (χ2n) is 3.71. The zero-order valence-electron chi connectivity index (χ0n) is 8.66. The lowest BCUT2D eigenvalue weighted by molar-refractivity contribution is 0.613. The molecule has 0 aliphatic carbocycles. The minimum atomic E-state index is 0.946. The van der Waals surface area contributed by atoms with Crippen LogP contribution in [0.25, 0.3) is 6.08 Å². The van der Waals surface area contributed by atoms with E-state index in [4.69, 9.17) is 0 Å². The number of rotatable bonds is 2. The van der Waals surface area contributed by atoms with Crippen LogP contribution in [0, 0.1) is 0 Å². The van der Waals surface area contributed by atoms with Gasteiger partial charge in [-0.2, -0.15) is 5.10 Å². The Labute approximate surface area is 84.8 Å². The monoisotopic (exact) mass is 191 g/mol. The van der Waals surface area contributed by atoms with Gasteiger partial charge in [-0.15, -0.1) is 0 Å². The summed E-state index contributed by atoms with van der Waals surface area (Å²) < 4.78 is 1.96. The summed E-state index contributed by atoms with van der Waals surface area (Å²) >= 11 is 0. The minimum absolute atomic E-state index is 0.946. The lowest BCUT2D eigenvalue weighted by Crippen LogP contribution is -2.23. The number of nitrogens with one attached hydrogen (secondary N) is 1. The zero-order chi connectivity index (χ0) is 9.80. The highest BCUT2D eigenvalue weighted by Crippen LogP contribution is 2.13. The molecule has 0 radical (unpaired) electrons. The van der Waals surface area contributed by atoms with Crippen LogP contribution in [0.2, 0.25) is 0 Å². The van der Waals surface area contributed by atoms with Gasteiger partial charge in [-0.05, 0) is 26.3 Å². The third-order valence-electron chi connectivity index (χ3n) is 2.55. The molecule has 1 aliphatic rings. The van der Waals surface area contributed by atoms with Crippen LogP contribution in [0.3, 0.4) is 0 Å². The maximum Gasteiger partial charge on any atom is 0.0562 e. The van der Waals surface area contributed by atoms with E-state index in [1.165, 1.54) is 24.0 Å². The van der Waals surface area contributed by atoms with Gasteiger partial charge in [0.25, 0.3) is 0 Å². The summed E-state index contributed by atoms with van der Waals surface area (Å²) in [5, 5.41) is 7.63. The van der Waals surface area contributed by atoms with Crippen molar-refractivity contribution in [2.24, 2.45) is 0 Å². The van der Waals surface area contributed by atoms with Gasteiger partial charge in [-0.1, -0.05) is 11.6 Å². The molecule has 1 aromatic rings. The van der Waals surface area contributed by atoms with E-state index in [-0.39, 0.29) is 0 Å². The molecule has 1 saturated heterocycles. The molecule has 0 unspecified atom stereocenters. The fraction of sp³-hybridized carbons (Fsp3) is 0.545. The molecule has 0 bridgehead atoms. The maximum absolute atomic E-state index is 4.25. The maximum atomic E-state index is 4.25. The first-order chi connectivity index (χ1) is 6.88. The Bertz CT molecular complexity index is 317. The molecule has 0 atom stereocenters. The summed E-state index contributed by atoms with van der Waals surface area (Å²) in [6, 6.07) is 0. The quantitative estimate of drug-likeness (QED) is 0.770. The van der Waals surface area contributed by atoms with Crippen molar-refractivity contribution >= 4 is 6.08 Å². The van der Waals surface area contributed by atoms with E-state index in [0.717, 1.165) is 19.6 Å². The van der Waals surface area contributed by atoms with Crippen LogP contribution in [-0.4, -0.2) is 22.9 Å². The van der Waals surface area contributed by atoms with Gasteiger partial charge >= 0.3 is 0 Å². The molecular weight excluding hydrogens is 174 g/mol. The van der Waals surface area contributed by atoms with Crippen LogP contribution >= 0.6 is 0 Å².